The molecule has 116 valence electrons. The van der Waals surface area contributed by atoms with E-state index in [4.69, 9.17) is 0 Å². The molecule has 1 N–H and O–H groups in total. The van der Waals surface area contributed by atoms with Crippen molar-refractivity contribution in [1.29, 1.82) is 0 Å². The topological polar surface area (TPSA) is 29.1 Å². The number of carbonyl (C=O) groups is 1. The van der Waals surface area contributed by atoms with Gasteiger partial charge < -0.3 is 5.32 Å². The van der Waals surface area contributed by atoms with Crippen LogP contribution in [0.1, 0.15) is 71.6 Å². The molecule has 2 nitrogen and oxygen atoms in total. The van der Waals surface area contributed by atoms with E-state index in [1.165, 1.54) is 50.0 Å². The highest BCUT2D eigenvalue weighted by atomic mass is 32.2. The zero-order chi connectivity index (χ0) is 14.5. The third-order valence-corrected chi connectivity index (χ3v) is 6.78. The molecule has 0 saturated heterocycles. The van der Waals surface area contributed by atoms with E-state index >= 15 is 0 Å². The summed E-state index contributed by atoms with van der Waals surface area (Å²) in [4.78, 5) is 12.1. The highest BCUT2D eigenvalue weighted by molar-refractivity contribution is 7.99. The molecule has 0 atom stereocenters. The third-order valence-electron chi connectivity index (χ3n) is 5.27. The van der Waals surface area contributed by atoms with E-state index in [2.05, 4.69) is 30.9 Å². The van der Waals surface area contributed by atoms with E-state index in [-0.39, 0.29) is 0 Å². The molecule has 0 unspecified atom stereocenters. The Balaban J connectivity index is 1.78. The van der Waals surface area contributed by atoms with Crippen LogP contribution in [-0.4, -0.2) is 24.0 Å². The van der Waals surface area contributed by atoms with Gasteiger partial charge in [0.2, 0.25) is 5.91 Å². The number of thioether (sulfide) groups is 1. The average molecular weight is 298 g/mol. The number of carbonyl (C=O) groups excluding carboxylic acids is 1. The molecule has 2 rings (SSSR count). The molecule has 0 spiro atoms. The Morgan fingerprint density at radius 1 is 1.10 bits per heavy atom. The fraction of sp³-hybridized carbons (Fsp3) is 0.941. The Bertz CT molecular complexity index is 321. The van der Waals surface area contributed by atoms with Crippen molar-refractivity contribution in [2.24, 2.45) is 10.8 Å². The summed E-state index contributed by atoms with van der Waals surface area (Å²) >= 11 is 2.13. The van der Waals surface area contributed by atoms with Crippen molar-refractivity contribution in [2.45, 2.75) is 71.6 Å². The van der Waals surface area contributed by atoms with Crippen LogP contribution in [0.4, 0.5) is 0 Å². The van der Waals surface area contributed by atoms with E-state index in [1.54, 1.807) is 0 Å². The van der Waals surface area contributed by atoms with Crippen LogP contribution in [0, 0.1) is 10.8 Å². The summed E-state index contributed by atoms with van der Waals surface area (Å²) in [7, 11) is 0. The van der Waals surface area contributed by atoms with Crippen LogP contribution >= 0.6 is 11.8 Å². The van der Waals surface area contributed by atoms with E-state index in [0.717, 1.165) is 25.8 Å². The van der Waals surface area contributed by atoms with Crippen molar-refractivity contribution >= 4 is 17.7 Å². The molecule has 2 fully saturated rings. The van der Waals surface area contributed by atoms with Crippen molar-refractivity contribution < 1.29 is 4.79 Å². The van der Waals surface area contributed by atoms with Crippen molar-refractivity contribution in [3.8, 4) is 0 Å². The lowest BCUT2D eigenvalue weighted by molar-refractivity contribution is -0.123. The third kappa shape index (κ3) is 3.93. The lowest BCUT2D eigenvalue weighted by atomic mass is 9.80. The molecule has 0 aromatic rings. The van der Waals surface area contributed by atoms with E-state index < -0.39 is 0 Å². The first-order valence-corrected chi connectivity index (χ1v) is 9.64. The van der Waals surface area contributed by atoms with Crippen molar-refractivity contribution in [3.63, 3.8) is 0 Å². The molecule has 0 aliphatic heterocycles. The minimum atomic E-state index is 0.303. The van der Waals surface area contributed by atoms with Gasteiger partial charge in [-0.15, -0.1) is 0 Å². The van der Waals surface area contributed by atoms with Crippen LogP contribution in [0.25, 0.3) is 0 Å². The molecule has 3 heteroatoms. The fourth-order valence-electron chi connectivity index (χ4n) is 4.14. The van der Waals surface area contributed by atoms with Gasteiger partial charge >= 0.3 is 0 Å². The summed E-state index contributed by atoms with van der Waals surface area (Å²) in [5, 5.41) is 3.11. The van der Waals surface area contributed by atoms with E-state index in [9.17, 15) is 4.79 Å². The van der Waals surface area contributed by atoms with Gasteiger partial charge in [-0.3, -0.25) is 4.79 Å². The van der Waals surface area contributed by atoms with Crippen LogP contribution in [0.2, 0.25) is 0 Å². The smallest absolute Gasteiger partial charge is 0.220 e. The first kappa shape index (κ1) is 16.2. The lowest BCUT2D eigenvalue weighted by Gasteiger charge is -2.27. The minimum absolute atomic E-state index is 0.303. The Labute approximate surface area is 128 Å². The molecule has 0 aromatic heterocycles. The zero-order valence-electron chi connectivity index (χ0n) is 13.3. The monoisotopic (exact) mass is 297 g/mol. The van der Waals surface area contributed by atoms with Crippen LogP contribution in [-0.2, 0) is 4.79 Å². The Morgan fingerprint density at radius 3 is 2.45 bits per heavy atom. The predicted octanol–water partition coefficient (Wildman–Crippen LogP) is 4.39. The summed E-state index contributed by atoms with van der Waals surface area (Å²) in [5.41, 5.74) is 0.951. The van der Waals surface area contributed by atoms with Gasteiger partial charge in [-0.2, -0.15) is 11.8 Å². The first-order chi connectivity index (χ1) is 9.64. The summed E-state index contributed by atoms with van der Waals surface area (Å²) < 4.78 is 0. The van der Waals surface area contributed by atoms with Crippen LogP contribution < -0.4 is 5.32 Å². The van der Waals surface area contributed by atoms with Gasteiger partial charge in [-0.1, -0.05) is 20.3 Å². The predicted molar refractivity (Wildman–Crippen MR) is 88.1 cm³/mol. The Morgan fingerprint density at radius 2 is 1.80 bits per heavy atom. The molecular weight excluding hydrogens is 266 g/mol. The van der Waals surface area contributed by atoms with Gasteiger partial charge in [0.25, 0.3) is 0 Å². The maximum Gasteiger partial charge on any atom is 0.220 e. The number of fused-ring (bicyclic) bond motifs is 2. The molecule has 20 heavy (non-hydrogen) atoms. The SMILES string of the molecule is CCCCNC(=O)CC12CCC(CSCCC)(CC1)C2. The molecule has 2 aliphatic rings. The normalized spacial score (nSPS) is 31.7. The quantitative estimate of drug-likeness (QED) is 0.640. The molecule has 0 heterocycles. The summed E-state index contributed by atoms with van der Waals surface area (Å²) in [5.74, 6) is 2.93. The maximum absolute atomic E-state index is 12.1. The van der Waals surface area contributed by atoms with Gasteiger partial charge in [0.15, 0.2) is 0 Å². The minimum Gasteiger partial charge on any atom is -0.356 e. The second-order valence-electron chi connectivity index (χ2n) is 7.11. The lowest BCUT2D eigenvalue weighted by Crippen LogP contribution is -2.30. The number of rotatable bonds is 9. The summed E-state index contributed by atoms with van der Waals surface area (Å²) in [6.07, 6.45) is 11.0. The van der Waals surface area contributed by atoms with Gasteiger partial charge in [-0.25, -0.2) is 0 Å². The second kappa shape index (κ2) is 7.20. The first-order valence-electron chi connectivity index (χ1n) is 8.48. The van der Waals surface area contributed by atoms with Gasteiger partial charge in [0.1, 0.15) is 0 Å². The largest absolute Gasteiger partial charge is 0.356 e. The van der Waals surface area contributed by atoms with Crippen LogP contribution in [0.5, 0.6) is 0 Å². The molecule has 0 radical (unpaired) electrons. The van der Waals surface area contributed by atoms with Crippen molar-refractivity contribution in [1.82, 2.24) is 5.32 Å². The molecule has 1 amide bonds. The summed E-state index contributed by atoms with van der Waals surface area (Å²) in [6, 6.07) is 0. The highest BCUT2D eigenvalue weighted by Gasteiger charge is 2.54. The number of amides is 1. The van der Waals surface area contributed by atoms with Crippen molar-refractivity contribution in [2.75, 3.05) is 18.1 Å². The molecular formula is C17H31NOS. The highest BCUT2D eigenvalue weighted by Crippen LogP contribution is 2.63. The molecule has 2 bridgehead atoms. The Hall–Kier alpha value is -0.180. The number of nitrogens with one attached hydrogen (secondary N) is 1. The standard InChI is InChI=1S/C17H31NOS/c1-3-5-10-18-15(19)12-16-6-8-17(13-16,9-7-16)14-20-11-4-2/h3-14H2,1-2H3,(H,18,19). The Kier molecular flexibility index (Phi) is 5.83. The van der Waals surface area contributed by atoms with Crippen LogP contribution in [0.3, 0.4) is 0 Å². The van der Waals surface area contributed by atoms with Gasteiger partial charge in [-0.05, 0) is 67.3 Å². The second-order valence-corrected chi connectivity index (χ2v) is 8.21. The molecule has 0 aromatic carbocycles. The van der Waals surface area contributed by atoms with E-state index in [0.29, 0.717) is 16.7 Å². The zero-order valence-corrected chi connectivity index (χ0v) is 14.1. The fourth-order valence-corrected chi connectivity index (χ4v) is 5.39. The summed E-state index contributed by atoms with van der Waals surface area (Å²) in [6.45, 7) is 5.29. The van der Waals surface area contributed by atoms with Crippen molar-refractivity contribution in [3.05, 3.63) is 0 Å². The van der Waals surface area contributed by atoms with Gasteiger partial charge in [0, 0.05) is 13.0 Å². The van der Waals surface area contributed by atoms with Crippen LogP contribution in [0.15, 0.2) is 0 Å². The maximum atomic E-state index is 12.1. The number of hydrogen-bond donors (Lipinski definition) is 1. The number of unbranched alkanes of at least 4 members (excludes halogenated alkanes) is 1. The van der Waals surface area contributed by atoms with Gasteiger partial charge in [0.05, 0.1) is 0 Å². The molecule has 2 saturated carbocycles. The number of hydrogen-bond acceptors (Lipinski definition) is 2. The van der Waals surface area contributed by atoms with E-state index in [1.807, 2.05) is 0 Å². The average Bonchev–Trinajstić information content (AvgIpc) is 2.95. The molecule has 2 aliphatic carbocycles.